The molecule has 0 amide bonds. The van der Waals surface area contributed by atoms with Crippen LogP contribution in [0, 0.1) is 18.3 Å². The van der Waals surface area contributed by atoms with Crippen molar-refractivity contribution in [3.05, 3.63) is 23.8 Å². The lowest BCUT2D eigenvalue weighted by molar-refractivity contribution is 0.214. The monoisotopic (exact) mass is 275 g/mol. The molecule has 0 bridgehead atoms. The first kappa shape index (κ1) is 15.2. The Morgan fingerprint density at radius 1 is 1.10 bits per heavy atom. The molecule has 2 rings (SSSR count). The van der Waals surface area contributed by atoms with Gasteiger partial charge in [-0.25, -0.2) is 0 Å². The highest BCUT2D eigenvalue weighted by Crippen LogP contribution is 2.37. The Bertz CT molecular complexity index is 447. The van der Waals surface area contributed by atoms with Gasteiger partial charge in [0.15, 0.2) is 0 Å². The van der Waals surface area contributed by atoms with E-state index in [9.17, 15) is 5.11 Å². The number of phenols is 1. The third-order valence-corrected chi connectivity index (χ3v) is 4.76. The zero-order chi connectivity index (χ0) is 14.8. The summed E-state index contributed by atoms with van der Waals surface area (Å²) in [6.45, 7) is 9.16. The molecule has 0 radical (unpaired) electrons. The summed E-state index contributed by atoms with van der Waals surface area (Å²) in [7, 11) is 0. The van der Waals surface area contributed by atoms with Crippen molar-refractivity contribution in [2.24, 2.45) is 11.3 Å². The van der Waals surface area contributed by atoms with Crippen molar-refractivity contribution in [2.75, 3.05) is 5.32 Å². The molecule has 0 spiro atoms. The largest absolute Gasteiger partial charge is 0.508 e. The van der Waals surface area contributed by atoms with Crippen LogP contribution in [0.1, 0.15) is 58.4 Å². The Labute approximate surface area is 123 Å². The van der Waals surface area contributed by atoms with Crippen LogP contribution < -0.4 is 5.32 Å². The number of benzene rings is 1. The SMILES string of the molecule is Cc1cc(O)ccc1NC1CCCC(C(C)(C)C)CC1. The maximum atomic E-state index is 9.48. The highest BCUT2D eigenvalue weighted by Gasteiger charge is 2.27. The van der Waals surface area contributed by atoms with Gasteiger partial charge in [0.2, 0.25) is 0 Å². The fraction of sp³-hybridized carbons (Fsp3) is 0.667. The van der Waals surface area contributed by atoms with Crippen LogP contribution in [0.2, 0.25) is 0 Å². The van der Waals surface area contributed by atoms with Gasteiger partial charge in [0.05, 0.1) is 0 Å². The summed E-state index contributed by atoms with van der Waals surface area (Å²) < 4.78 is 0. The van der Waals surface area contributed by atoms with Crippen LogP contribution in [-0.4, -0.2) is 11.1 Å². The lowest BCUT2D eigenvalue weighted by Crippen LogP contribution is -2.21. The second-order valence-corrected chi connectivity index (χ2v) is 7.41. The van der Waals surface area contributed by atoms with Crippen LogP contribution in [0.15, 0.2) is 18.2 Å². The quantitative estimate of drug-likeness (QED) is 0.581. The summed E-state index contributed by atoms with van der Waals surface area (Å²) in [5.74, 6) is 1.19. The maximum Gasteiger partial charge on any atom is 0.115 e. The smallest absolute Gasteiger partial charge is 0.115 e. The van der Waals surface area contributed by atoms with Crippen molar-refractivity contribution in [1.82, 2.24) is 0 Å². The van der Waals surface area contributed by atoms with Gasteiger partial charge in [-0.3, -0.25) is 0 Å². The van der Waals surface area contributed by atoms with Crippen LogP contribution in [0.25, 0.3) is 0 Å². The third-order valence-electron chi connectivity index (χ3n) is 4.76. The molecule has 20 heavy (non-hydrogen) atoms. The second kappa shape index (κ2) is 6.07. The predicted octanol–water partition coefficient (Wildman–Crippen LogP) is 5.11. The molecule has 0 aromatic heterocycles. The fourth-order valence-electron chi connectivity index (χ4n) is 3.34. The van der Waals surface area contributed by atoms with Gasteiger partial charge in [-0.2, -0.15) is 0 Å². The summed E-state index contributed by atoms with van der Waals surface area (Å²) in [5, 5.41) is 13.2. The normalized spacial score (nSPS) is 24.2. The molecule has 2 heteroatoms. The van der Waals surface area contributed by atoms with Gasteiger partial charge in [-0.15, -0.1) is 0 Å². The lowest BCUT2D eigenvalue weighted by atomic mass is 9.76. The molecule has 0 aliphatic heterocycles. The summed E-state index contributed by atoms with van der Waals surface area (Å²) >= 11 is 0. The van der Waals surface area contributed by atoms with Gasteiger partial charge in [-0.05, 0) is 67.7 Å². The Morgan fingerprint density at radius 3 is 2.50 bits per heavy atom. The van der Waals surface area contributed by atoms with Crippen LogP contribution in [0.5, 0.6) is 5.75 Å². The minimum atomic E-state index is 0.349. The van der Waals surface area contributed by atoms with Crippen LogP contribution in [-0.2, 0) is 0 Å². The highest BCUT2D eigenvalue weighted by molar-refractivity contribution is 5.53. The zero-order valence-corrected chi connectivity index (χ0v) is 13.4. The van der Waals surface area contributed by atoms with Crippen molar-refractivity contribution < 1.29 is 5.11 Å². The molecular formula is C18H29NO. The molecule has 2 nitrogen and oxygen atoms in total. The Kier molecular flexibility index (Phi) is 4.62. The van der Waals surface area contributed by atoms with Crippen LogP contribution >= 0.6 is 0 Å². The van der Waals surface area contributed by atoms with E-state index in [4.69, 9.17) is 0 Å². The molecule has 0 saturated heterocycles. The van der Waals surface area contributed by atoms with E-state index in [1.165, 1.54) is 37.8 Å². The van der Waals surface area contributed by atoms with Crippen LogP contribution in [0.4, 0.5) is 5.69 Å². The highest BCUT2D eigenvalue weighted by atomic mass is 16.3. The summed E-state index contributed by atoms with van der Waals surface area (Å²) in [6.07, 6.45) is 6.50. The second-order valence-electron chi connectivity index (χ2n) is 7.41. The molecule has 1 aromatic carbocycles. The molecule has 1 aliphatic carbocycles. The Morgan fingerprint density at radius 2 is 1.85 bits per heavy atom. The summed E-state index contributed by atoms with van der Waals surface area (Å²) in [5.41, 5.74) is 2.73. The van der Waals surface area contributed by atoms with E-state index in [1.807, 2.05) is 12.1 Å². The van der Waals surface area contributed by atoms with Crippen molar-refractivity contribution in [2.45, 2.75) is 65.8 Å². The van der Waals surface area contributed by atoms with Crippen molar-refractivity contribution in [3.63, 3.8) is 0 Å². The lowest BCUT2D eigenvalue weighted by Gasteiger charge is -2.29. The first-order valence-corrected chi connectivity index (χ1v) is 7.92. The summed E-state index contributed by atoms with van der Waals surface area (Å²) in [4.78, 5) is 0. The van der Waals surface area contributed by atoms with Gasteiger partial charge in [-0.1, -0.05) is 27.2 Å². The first-order valence-electron chi connectivity index (χ1n) is 7.92. The molecule has 0 heterocycles. The van der Waals surface area contributed by atoms with E-state index in [2.05, 4.69) is 33.0 Å². The molecule has 1 fully saturated rings. The number of rotatable bonds is 2. The van der Waals surface area contributed by atoms with Gasteiger partial charge in [0, 0.05) is 11.7 Å². The van der Waals surface area contributed by atoms with Gasteiger partial charge in [0.25, 0.3) is 0 Å². The van der Waals surface area contributed by atoms with Crippen molar-refractivity contribution in [1.29, 1.82) is 0 Å². The van der Waals surface area contributed by atoms with E-state index in [1.54, 1.807) is 6.07 Å². The number of hydrogen-bond donors (Lipinski definition) is 2. The molecule has 2 unspecified atom stereocenters. The molecular weight excluding hydrogens is 246 g/mol. The number of phenolic OH excluding ortho intramolecular Hbond substituents is 1. The minimum absolute atomic E-state index is 0.349. The topological polar surface area (TPSA) is 32.3 Å². The number of hydrogen-bond acceptors (Lipinski definition) is 2. The first-order chi connectivity index (χ1) is 9.36. The number of aryl methyl sites for hydroxylation is 1. The van der Waals surface area contributed by atoms with Crippen molar-refractivity contribution >= 4 is 5.69 Å². The molecule has 2 atom stereocenters. The molecule has 1 aromatic rings. The summed E-state index contributed by atoms with van der Waals surface area (Å²) in [6, 6.07) is 6.17. The third kappa shape index (κ3) is 3.91. The van der Waals surface area contributed by atoms with Gasteiger partial charge >= 0.3 is 0 Å². The molecule has 1 saturated carbocycles. The minimum Gasteiger partial charge on any atom is -0.508 e. The van der Waals surface area contributed by atoms with E-state index >= 15 is 0 Å². The van der Waals surface area contributed by atoms with E-state index < -0.39 is 0 Å². The zero-order valence-electron chi connectivity index (χ0n) is 13.4. The van der Waals surface area contributed by atoms with E-state index in [-0.39, 0.29) is 0 Å². The Hall–Kier alpha value is -1.18. The van der Waals surface area contributed by atoms with Gasteiger partial charge in [0.1, 0.15) is 5.75 Å². The molecule has 1 aliphatic rings. The van der Waals surface area contributed by atoms with Crippen LogP contribution in [0.3, 0.4) is 0 Å². The average Bonchev–Trinajstić information content (AvgIpc) is 2.58. The van der Waals surface area contributed by atoms with E-state index in [0.29, 0.717) is 17.2 Å². The number of nitrogens with one attached hydrogen (secondary N) is 1. The Balaban J connectivity index is 1.97. The van der Waals surface area contributed by atoms with E-state index in [0.717, 1.165) is 11.5 Å². The molecule has 2 N–H and O–H groups in total. The predicted molar refractivity (Wildman–Crippen MR) is 86.3 cm³/mol. The van der Waals surface area contributed by atoms with Gasteiger partial charge < -0.3 is 10.4 Å². The molecule has 112 valence electrons. The average molecular weight is 275 g/mol. The maximum absolute atomic E-state index is 9.48. The number of aromatic hydroxyl groups is 1. The van der Waals surface area contributed by atoms with Crippen molar-refractivity contribution in [3.8, 4) is 5.75 Å². The standard InChI is InChI=1S/C18H29NO/c1-13-12-16(20)10-11-17(13)19-15-7-5-6-14(8-9-15)18(2,3)4/h10-12,14-15,19-20H,5-9H2,1-4H3. The number of anilines is 1. The fourth-order valence-corrected chi connectivity index (χ4v) is 3.34.